The molecule has 0 aromatic carbocycles. The van der Waals surface area contributed by atoms with Gasteiger partial charge in [0, 0.05) is 18.3 Å². The number of aromatic nitrogens is 1. The van der Waals surface area contributed by atoms with Crippen LogP contribution in [0.25, 0.3) is 0 Å². The Labute approximate surface area is 114 Å². The largest absolute Gasteiger partial charge is 0.475 e. The first-order valence-electron chi connectivity index (χ1n) is 6.71. The van der Waals surface area contributed by atoms with Gasteiger partial charge in [-0.1, -0.05) is 13.0 Å². The van der Waals surface area contributed by atoms with Crippen LogP contribution in [0.5, 0.6) is 5.88 Å². The maximum absolute atomic E-state index is 11.6. The summed E-state index contributed by atoms with van der Waals surface area (Å²) < 4.78 is 5.60. The second kappa shape index (κ2) is 8.48. The lowest BCUT2D eigenvalue weighted by molar-refractivity contribution is -0.120. The molecule has 5 nitrogen and oxygen atoms in total. The van der Waals surface area contributed by atoms with Gasteiger partial charge in [-0.2, -0.15) is 0 Å². The van der Waals surface area contributed by atoms with Gasteiger partial charge in [0.25, 0.3) is 0 Å². The topological polar surface area (TPSA) is 63.2 Å². The van der Waals surface area contributed by atoms with Crippen LogP contribution in [0.2, 0.25) is 0 Å². The molecule has 1 aromatic rings. The zero-order valence-electron chi connectivity index (χ0n) is 11.9. The monoisotopic (exact) mass is 265 g/mol. The molecule has 0 aliphatic carbocycles. The van der Waals surface area contributed by atoms with Gasteiger partial charge in [0.2, 0.25) is 11.8 Å². The van der Waals surface area contributed by atoms with Crippen LogP contribution in [0.3, 0.4) is 0 Å². The smallest absolute Gasteiger partial charge is 0.234 e. The Bertz CT molecular complexity index is 394. The van der Waals surface area contributed by atoms with E-state index in [1.807, 2.05) is 26.0 Å². The van der Waals surface area contributed by atoms with Gasteiger partial charge in [0.05, 0.1) is 12.6 Å². The van der Waals surface area contributed by atoms with Crippen molar-refractivity contribution in [2.75, 3.05) is 13.1 Å². The lowest BCUT2D eigenvalue weighted by Crippen LogP contribution is -2.33. The highest BCUT2D eigenvalue weighted by molar-refractivity contribution is 5.78. The molecule has 1 aromatic heterocycles. The highest BCUT2D eigenvalue weighted by Crippen LogP contribution is 2.15. The van der Waals surface area contributed by atoms with Crippen LogP contribution in [-0.4, -0.2) is 30.1 Å². The Morgan fingerprint density at radius 3 is 2.95 bits per heavy atom. The van der Waals surface area contributed by atoms with Crippen LogP contribution in [0, 0.1) is 0 Å². The fraction of sp³-hybridized carbons (Fsp3) is 0.571. The van der Waals surface area contributed by atoms with E-state index in [4.69, 9.17) is 4.74 Å². The molecule has 0 unspecified atom stereocenters. The molecular weight excluding hydrogens is 242 g/mol. The Kier molecular flexibility index (Phi) is 6.89. The molecule has 1 heterocycles. The van der Waals surface area contributed by atoms with Gasteiger partial charge in [-0.15, -0.1) is 0 Å². The molecule has 0 atom stereocenters. The minimum Gasteiger partial charge on any atom is -0.475 e. The Balaban J connectivity index is 2.46. The van der Waals surface area contributed by atoms with Crippen molar-refractivity contribution >= 4 is 5.91 Å². The number of pyridine rings is 1. The molecule has 106 valence electrons. The summed E-state index contributed by atoms with van der Waals surface area (Å²) in [5.41, 5.74) is 0.889. The molecular formula is C14H23N3O2. The third-order valence-electron chi connectivity index (χ3n) is 2.39. The molecule has 0 saturated heterocycles. The van der Waals surface area contributed by atoms with Gasteiger partial charge in [-0.3, -0.25) is 4.79 Å². The van der Waals surface area contributed by atoms with Crippen molar-refractivity contribution in [3.63, 3.8) is 0 Å². The van der Waals surface area contributed by atoms with E-state index in [2.05, 4.69) is 22.5 Å². The third-order valence-corrected chi connectivity index (χ3v) is 2.39. The Morgan fingerprint density at radius 2 is 2.26 bits per heavy atom. The fourth-order valence-corrected chi connectivity index (χ4v) is 1.52. The van der Waals surface area contributed by atoms with Crippen LogP contribution in [0.4, 0.5) is 0 Å². The molecule has 1 rings (SSSR count). The van der Waals surface area contributed by atoms with Crippen molar-refractivity contribution in [1.29, 1.82) is 0 Å². The molecule has 0 radical (unpaired) electrons. The van der Waals surface area contributed by atoms with Crippen LogP contribution >= 0.6 is 0 Å². The standard InChI is InChI=1S/C14H23N3O2/c1-4-7-15-10-13(18)17-9-12-6-5-8-16-14(12)19-11(2)3/h5-6,8,11,15H,4,7,9-10H2,1-3H3,(H,17,18). The molecule has 19 heavy (non-hydrogen) atoms. The van der Waals surface area contributed by atoms with Crippen molar-refractivity contribution in [2.24, 2.45) is 0 Å². The first-order chi connectivity index (χ1) is 9.13. The zero-order valence-corrected chi connectivity index (χ0v) is 11.9. The van der Waals surface area contributed by atoms with E-state index in [9.17, 15) is 4.79 Å². The minimum atomic E-state index is -0.0206. The van der Waals surface area contributed by atoms with Gasteiger partial charge < -0.3 is 15.4 Å². The maximum atomic E-state index is 11.6. The number of rotatable bonds is 8. The number of nitrogens with zero attached hydrogens (tertiary/aromatic N) is 1. The van der Waals surface area contributed by atoms with E-state index < -0.39 is 0 Å². The summed E-state index contributed by atoms with van der Waals surface area (Å²) in [5.74, 6) is 0.562. The summed E-state index contributed by atoms with van der Waals surface area (Å²) in [6, 6.07) is 3.74. The van der Waals surface area contributed by atoms with Crippen molar-refractivity contribution < 1.29 is 9.53 Å². The SMILES string of the molecule is CCCNCC(=O)NCc1cccnc1OC(C)C. The lowest BCUT2D eigenvalue weighted by Gasteiger charge is -2.13. The summed E-state index contributed by atoms with van der Waals surface area (Å²) in [4.78, 5) is 15.8. The van der Waals surface area contributed by atoms with Gasteiger partial charge >= 0.3 is 0 Å². The van der Waals surface area contributed by atoms with Crippen LogP contribution in [0.1, 0.15) is 32.8 Å². The van der Waals surface area contributed by atoms with Crippen LogP contribution < -0.4 is 15.4 Å². The molecule has 0 bridgehead atoms. The van der Waals surface area contributed by atoms with Gasteiger partial charge in [-0.25, -0.2) is 4.98 Å². The van der Waals surface area contributed by atoms with Crippen LogP contribution in [-0.2, 0) is 11.3 Å². The number of carbonyl (C=O) groups excluding carboxylic acids is 1. The van der Waals surface area contributed by atoms with Crippen LogP contribution in [0.15, 0.2) is 18.3 Å². The fourth-order valence-electron chi connectivity index (χ4n) is 1.52. The predicted molar refractivity (Wildman–Crippen MR) is 75.0 cm³/mol. The summed E-state index contributed by atoms with van der Waals surface area (Å²) in [6.07, 6.45) is 2.77. The zero-order chi connectivity index (χ0) is 14.1. The van der Waals surface area contributed by atoms with Crippen molar-refractivity contribution in [3.8, 4) is 5.88 Å². The molecule has 0 spiro atoms. The highest BCUT2D eigenvalue weighted by Gasteiger charge is 2.08. The van der Waals surface area contributed by atoms with E-state index in [0.29, 0.717) is 19.0 Å². The highest BCUT2D eigenvalue weighted by atomic mass is 16.5. The molecule has 0 saturated carbocycles. The van der Waals surface area contributed by atoms with Gasteiger partial charge in [0.1, 0.15) is 0 Å². The summed E-state index contributed by atoms with van der Waals surface area (Å²) >= 11 is 0. The average Bonchev–Trinajstić information content (AvgIpc) is 2.37. The molecule has 0 aliphatic heterocycles. The maximum Gasteiger partial charge on any atom is 0.234 e. The molecule has 0 fully saturated rings. The van der Waals surface area contributed by atoms with Gasteiger partial charge in [0.15, 0.2) is 0 Å². The quantitative estimate of drug-likeness (QED) is 0.699. The average molecular weight is 265 g/mol. The van der Waals surface area contributed by atoms with E-state index in [1.54, 1.807) is 6.20 Å². The summed E-state index contributed by atoms with van der Waals surface area (Å²) in [7, 11) is 0. The molecule has 0 aliphatic rings. The first kappa shape index (κ1) is 15.4. The van der Waals surface area contributed by atoms with E-state index >= 15 is 0 Å². The van der Waals surface area contributed by atoms with Gasteiger partial charge in [-0.05, 0) is 32.9 Å². The Hall–Kier alpha value is -1.62. The number of carbonyl (C=O) groups is 1. The second-order valence-corrected chi connectivity index (χ2v) is 4.59. The molecule has 5 heteroatoms. The van der Waals surface area contributed by atoms with Crippen molar-refractivity contribution in [1.82, 2.24) is 15.6 Å². The van der Waals surface area contributed by atoms with Crippen molar-refractivity contribution in [3.05, 3.63) is 23.9 Å². The minimum absolute atomic E-state index is 0.0206. The number of amides is 1. The number of hydrogen-bond donors (Lipinski definition) is 2. The predicted octanol–water partition coefficient (Wildman–Crippen LogP) is 1.48. The first-order valence-corrected chi connectivity index (χ1v) is 6.71. The normalized spacial score (nSPS) is 10.5. The third kappa shape index (κ3) is 6.20. The summed E-state index contributed by atoms with van der Waals surface area (Å²) in [6.45, 7) is 7.59. The Morgan fingerprint density at radius 1 is 1.47 bits per heavy atom. The number of hydrogen-bond acceptors (Lipinski definition) is 4. The summed E-state index contributed by atoms with van der Waals surface area (Å²) in [5, 5.41) is 5.91. The van der Waals surface area contributed by atoms with Crippen molar-refractivity contribution in [2.45, 2.75) is 39.8 Å². The molecule has 1 amide bonds. The lowest BCUT2D eigenvalue weighted by atomic mass is 10.2. The molecule has 2 N–H and O–H groups in total. The van der Waals surface area contributed by atoms with E-state index in [0.717, 1.165) is 18.5 Å². The number of ether oxygens (including phenoxy) is 1. The second-order valence-electron chi connectivity index (χ2n) is 4.59. The number of nitrogens with one attached hydrogen (secondary N) is 2. The van der Waals surface area contributed by atoms with E-state index in [1.165, 1.54) is 0 Å². The van der Waals surface area contributed by atoms with E-state index in [-0.39, 0.29) is 12.0 Å².